The molecule has 0 aliphatic rings. The van der Waals surface area contributed by atoms with Crippen LogP contribution in [0.5, 0.6) is 5.75 Å². The zero-order valence-corrected chi connectivity index (χ0v) is 11.6. The minimum Gasteiger partial charge on any atom is -0.497 e. The fraction of sp³-hybridized carbons (Fsp3) is 0.133. The molecular formula is C15H13N3O3. The fourth-order valence-electron chi connectivity index (χ4n) is 2.04. The third kappa shape index (κ3) is 2.55. The molecule has 0 bridgehead atoms. The van der Waals surface area contributed by atoms with Crippen molar-refractivity contribution in [3.05, 3.63) is 48.0 Å². The number of benzene rings is 1. The third-order valence-corrected chi connectivity index (χ3v) is 3.02. The first-order valence-electron chi connectivity index (χ1n) is 6.35. The van der Waals surface area contributed by atoms with Gasteiger partial charge >= 0.3 is 0 Å². The zero-order chi connectivity index (χ0) is 14.8. The van der Waals surface area contributed by atoms with Crippen LogP contribution in [-0.4, -0.2) is 23.2 Å². The van der Waals surface area contributed by atoms with E-state index in [1.165, 1.54) is 0 Å². The Morgan fingerprint density at radius 1 is 1.33 bits per heavy atom. The normalized spacial score (nSPS) is 10.6. The van der Waals surface area contributed by atoms with Crippen molar-refractivity contribution in [3.63, 3.8) is 0 Å². The minimum absolute atomic E-state index is 0.222. The second-order valence-electron chi connectivity index (χ2n) is 4.53. The quantitative estimate of drug-likeness (QED) is 0.799. The van der Waals surface area contributed by atoms with Crippen LogP contribution in [0.1, 0.15) is 16.2 Å². The fourth-order valence-corrected chi connectivity index (χ4v) is 2.04. The summed E-state index contributed by atoms with van der Waals surface area (Å²) in [5.74, 6) is 0.864. The molecule has 0 saturated heterocycles. The van der Waals surface area contributed by atoms with Gasteiger partial charge in [0.25, 0.3) is 5.91 Å². The summed E-state index contributed by atoms with van der Waals surface area (Å²) in [6.07, 6.45) is 1.67. The Hall–Kier alpha value is -2.89. The van der Waals surface area contributed by atoms with Gasteiger partial charge in [-0.3, -0.25) is 9.78 Å². The molecule has 2 aromatic heterocycles. The number of nitrogens with one attached hydrogen (secondary N) is 1. The summed E-state index contributed by atoms with van der Waals surface area (Å²) in [4.78, 5) is 16.5. The summed E-state index contributed by atoms with van der Waals surface area (Å²) in [6.45, 7) is 1.73. The monoisotopic (exact) mass is 283 g/mol. The molecule has 0 radical (unpaired) electrons. The minimum atomic E-state index is -0.355. The topological polar surface area (TPSA) is 77.2 Å². The lowest BCUT2D eigenvalue weighted by atomic mass is 10.1. The summed E-state index contributed by atoms with van der Waals surface area (Å²) < 4.78 is 10.1. The summed E-state index contributed by atoms with van der Waals surface area (Å²) in [7, 11) is 1.57. The first-order chi connectivity index (χ1) is 10.2. The van der Waals surface area contributed by atoms with E-state index in [1.807, 2.05) is 18.2 Å². The van der Waals surface area contributed by atoms with Crippen LogP contribution in [0.4, 0.5) is 5.69 Å². The van der Waals surface area contributed by atoms with Crippen molar-refractivity contribution in [1.29, 1.82) is 0 Å². The number of aryl methyl sites for hydroxylation is 1. The highest BCUT2D eigenvalue weighted by Crippen LogP contribution is 2.28. The number of aromatic nitrogens is 2. The summed E-state index contributed by atoms with van der Waals surface area (Å²) in [5.41, 5.74) is 1.47. The van der Waals surface area contributed by atoms with Crippen molar-refractivity contribution < 1.29 is 14.1 Å². The lowest BCUT2D eigenvalue weighted by molar-refractivity contribution is 0.101. The van der Waals surface area contributed by atoms with Gasteiger partial charge in [0.2, 0.25) is 0 Å². The van der Waals surface area contributed by atoms with E-state index in [4.69, 9.17) is 9.26 Å². The maximum atomic E-state index is 12.2. The van der Waals surface area contributed by atoms with Crippen molar-refractivity contribution in [2.24, 2.45) is 0 Å². The molecule has 0 aliphatic heterocycles. The highest BCUT2D eigenvalue weighted by atomic mass is 16.5. The standard InChI is InChI=1S/C15H13N3O3/c1-9-6-13(18-21-9)15(19)17-12-8-11(20-2)7-10-4-3-5-16-14(10)12/h3-8H,1-2H3,(H,17,19). The van der Waals surface area contributed by atoms with Gasteiger partial charge in [0, 0.05) is 23.7 Å². The molecule has 0 unspecified atom stereocenters. The first-order valence-corrected chi connectivity index (χ1v) is 6.35. The predicted octanol–water partition coefficient (Wildman–Crippen LogP) is 2.79. The number of carbonyl (C=O) groups is 1. The molecule has 21 heavy (non-hydrogen) atoms. The van der Waals surface area contributed by atoms with Gasteiger partial charge in [-0.15, -0.1) is 0 Å². The molecule has 106 valence electrons. The Bertz CT molecular complexity index is 811. The van der Waals surface area contributed by atoms with Gasteiger partial charge in [-0.05, 0) is 19.1 Å². The number of anilines is 1. The van der Waals surface area contributed by atoms with E-state index in [0.717, 1.165) is 5.39 Å². The summed E-state index contributed by atoms with van der Waals surface area (Å²) >= 11 is 0. The maximum Gasteiger partial charge on any atom is 0.277 e. The molecular weight excluding hydrogens is 270 g/mol. The van der Waals surface area contributed by atoms with E-state index in [9.17, 15) is 4.79 Å². The summed E-state index contributed by atoms with van der Waals surface area (Å²) in [5, 5.41) is 7.36. The molecule has 2 heterocycles. The van der Waals surface area contributed by atoms with E-state index in [1.54, 1.807) is 32.4 Å². The molecule has 3 rings (SSSR count). The van der Waals surface area contributed by atoms with Gasteiger partial charge in [-0.1, -0.05) is 11.2 Å². The van der Waals surface area contributed by atoms with E-state index in [-0.39, 0.29) is 11.6 Å². The number of ether oxygens (including phenoxy) is 1. The molecule has 0 atom stereocenters. The molecule has 1 aromatic carbocycles. The molecule has 0 aliphatic carbocycles. The van der Waals surface area contributed by atoms with Crippen LogP contribution in [0.2, 0.25) is 0 Å². The lowest BCUT2D eigenvalue weighted by Crippen LogP contribution is -2.12. The molecule has 0 saturated carbocycles. The number of methoxy groups -OCH3 is 1. The molecule has 1 N–H and O–H groups in total. The first kappa shape index (κ1) is 13.1. The molecule has 0 spiro atoms. The number of rotatable bonds is 3. The van der Waals surface area contributed by atoms with Crippen LogP contribution >= 0.6 is 0 Å². The predicted molar refractivity (Wildman–Crippen MR) is 77.5 cm³/mol. The van der Waals surface area contributed by atoms with Crippen molar-refractivity contribution in [3.8, 4) is 5.75 Å². The number of fused-ring (bicyclic) bond motifs is 1. The second kappa shape index (κ2) is 5.24. The Labute approximate surface area is 120 Å². The highest BCUT2D eigenvalue weighted by Gasteiger charge is 2.14. The molecule has 3 aromatic rings. The number of nitrogens with zero attached hydrogens (tertiary/aromatic N) is 2. The number of hydrogen-bond donors (Lipinski definition) is 1. The van der Waals surface area contributed by atoms with Crippen LogP contribution in [0.25, 0.3) is 10.9 Å². The third-order valence-electron chi connectivity index (χ3n) is 3.02. The number of hydrogen-bond acceptors (Lipinski definition) is 5. The van der Waals surface area contributed by atoms with Gasteiger partial charge in [0.05, 0.1) is 18.3 Å². The smallest absolute Gasteiger partial charge is 0.277 e. The van der Waals surface area contributed by atoms with Crippen LogP contribution in [0.15, 0.2) is 41.1 Å². The van der Waals surface area contributed by atoms with Crippen molar-refractivity contribution in [1.82, 2.24) is 10.1 Å². The zero-order valence-electron chi connectivity index (χ0n) is 11.6. The van der Waals surface area contributed by atoms with Gasteiger partial charge in [-0.2, -0.15) is 0 Å². The molecule has 1 amide bonds. The van der Waals surface area contributed by atoms with Gasteiger partial charge in [0.15, 0.2) is 5.69 Å². The van der Waals surface area contributed by atoms with E-state index in [0.29, 0.717) is 22.7 Å². The van der Waals surface area contributed by atoms with Gasteiger partial charge in [-0.25, -0.2) is 0 Å². The number of carbonyl (C=O) groups excluding carboxylic acids is 1. The summed E-state index contributed by atoms with van der Waals surface area (Å²) in [6, 6.07) is 8.89. The number of amides is 1. The van der Waals surface area contributed by atoms with Gasteiger partial charge in [0.1, 0.15) is 11.5 Å². The second-order valence-corrected chi connectivity index (χ2v) is 4.53. The molecule has 6 nitrogen and oxygen atoms in total. The van der Waals surface area contributed by atoms with Crippen LogP contribution in [0.3, 0.4) is 0 Å². The van der Waals surface area contributed by atoms with Crippen molar-refractivity contribution in [2.45, 2.75) is 6.92 Å². The average molecular weight is 283 g/mol. The van der Waals surface area contributed by atoms with Crippen LogP contribution in [0, 0.1) is 6.92 Å². The largest absolute Gasteiger partial charge is 0.497 e. The Morgan fingerprint density at radius 2 is 2.19 bits per heavy atom. The molecule has 0 fully saturated rings. The van der Waals surface area contributed by atoms with Crippen LogP contribution in [-0.2, 0) is 0 Å². The maximum absolute atomic E-state index is 12.2. The highest BCUT2D eigenvalue weighted by molar-refractivity contribution is 6.07. The Kier molecular flexibility index (Phi) is 3.27. The van der Waals surface area contributed by atoms with E-state index in [2.05, 4.69) is 15.5 Å². The van der Waals surface area contributed by atoms with Gasteiger partial charge < -0.3 is 14.6 Å². The van der Waals surface area contributed by atoms with Crippen molar-refractivity contribution >= 4 is 22.5 Å². The van der Waals surface area contributed by atoms with E-state index >= 15 is 0 Å². The lowest BCUT2D eigenvalue weighted by Gasteiger charge is -2.09. The molecule has 6 heteroatoms. The number of pyridine rings is 1. The Balaban J connectivity index is 2.01. The SMILES string of the molecule is COc1cc(NC(=O)c2cc(C)on2)c2ncccc2c1. The van der Waals surface area contributed by atoms with Crippen LogP contribution < -0.4 is 10.1 Å². The van der Waals surface area contributed by atoms with Crippen molar-refractivity contribution in [2.75, 3.05) is 12.4 Å². The Morgan fingerprint density at radius 3 is 2.90 bits per heavy atom. The van der Waals surface area contributed by atoms with E-state index < -0.39 is 0 Å². The average Bonchev–Trinajstić information content (AvgIpc) is 2.93.